The van der Waals surface area contributed by atoms with Crippen LogP contribution in [0, 0.1) is 5.82 Å². The molecule has 2 N–H and O–H groups in total. The van der Waals surface area contributed by atoms with Crippen LogP contribution >= 0.6 is 11.6 Å². The number of rotatable bonds is 3. The van der Waals surface area contributed by atoms with Gasteiger partial charge in [-0.15, -0.1) is 0 Å². The molecule has 0 aromatic heterocycles. The lowest BCUT2D eigenvalue weighted by molar-refractivity contribution is -0.131. The van der Waals surface area contributed by atoms with Gasteiger partial charge in [-0.2, -0.15) is 0 Å². The second-order valence-electron chi connectivity index (χ2n) is 6.00. The van der Waals surface area contributed by atoms with Crippen LogP contribution in [0.25, 0.3) is 0 Å². The first-order valence-electron chi connectivity index (χ1n) is 6.43. The summed E-state index contributed by atoms with van der Waals surface area (Å²) in [4.78, 5) is 12.6. The Kier molecular flexibility index (Phi) is 3.80. The van der Waals surface area contributed by atoms with E-state index in [4.69, 9.17) is 26.5 Å². The van der Waals surface area contributed by atoms with E-state index >= 15 is 0 Å². The van der Waals surface area contributed by atoms with Crippen molar-refractivity contribution in [1.82, 2.24) is 0 Å². The Hall–Kier alpha value is -1.53. The summed E-state index contributed by atoms with van der Waals surface area (Å²) in [6.07, 6.45) is 0. The van der Waals surface area contributed by atoms with Crippen molar-refractivity contribution in [2.45, 2.75) is 32.2 Å². The van der Waals surface area contributed by atoms with Crippen LogP contribution in [0.5, 0.6) is 0 Å². The van der Waals surface area contributed by atoms with Gasteiger partial charge in [0, 0.05) is 5.56 Å². The molecule has 1 atom stereocenters. The van der Waals surface area contributed by atoms with E-state index in [9.17, 15) is 9.18 Å². The van der Waals surface area contributed by atoms with E-state index in [-0.39, 0.29) is 16.7 Å². The van der Waals surface area contributed by atoms with Gasteiger partial charge in [-0.3, -0.25) is 4.79 Å². The number of carbonyl (C=O) groups is 1. The molecule has 0 fully saturated rings. The first-order valence-corrected chi connectivity index (χ1v) is 10.2. The predicted molar refractivity (Wildman–Crippen MR) is 80.5 cm³/mol. The fourth-order valence-corrected chi connectivity index (χ4v) is 2.95. The maximum atomic E-state index is 13.6. The zero-order valence-corrected chi connectivity index (χ0v) is 14.0. The van der Waals surface area contributed by atoms with Crippen molar-refractivity contribution in [2.24, 2.45) is 5.73 Å². The largest absolute Gasteiger partial charge is 0.538 e. The summed E-state index contributed by atoms with van der Waals surface area (Å²) in [5.41, 5.74) is 4.71. The molecule has 0 saturated heterocycles. The zero-order valence-electron chi connectivity index (χ0n) is 12.3. The normalized spacial score (nSPS) is 22.5. The standard InChI is InChI=1S/C14H17ClFNO3Si/c1-14(8-5-6-9(15)10(16)7-8)12(18)11(13(17)19-14)20-21(2,3)4/h5-7H,17H2,1-4H3. The lowest BCUT2D eigenvalue weighted by Gasteiger charge is -2.24. The molecule has 0 bridgehead atoms. The van der Waals surface area contributed by atoms with Crippen molar-refractivity contribution in [1.29, 1.82) is 0 Å². The number of ether oxygens (including phenoxy) is 1. The van der Waals surface area contributed by atoms with Crippen LogP contribution in [0.2, 0.25) is 24.7 Å². The average molecular weight is 330 g/mol. The van der Waals surface area contributed by atoms with E-state index in [1.165, 1.54) is 25.1 Å². The summed E-state index contributed by atoms with van der Waals surface area (Å²) >= 11 is 5.66. The highest BCUT2D eigenvalue weighted by Gasteiger charge is 2.49. The van der Waals surface area contributed by atoms with Gasteiger partial charge >= 0.3 is 0 Å². The van der Waals surface area contributed by atoms with E-state index in [1.807, 2.05) is 19.6 Å². The highest BCUT2D eigenvalue weighted by molar-refractivity contribution is 6.70. The lowest BCUT2D eigenvalue weighted by atomic mass is 9.91. The molecule has 1 aromatic rings. The molecule has 1 unspecified atom stereocenters. The third kappa shape index (κ3) is 2.91. The molecule has 1 heterocycles. The van der Waals surface area contributed by atoms with Crippen LogP contribution < -0.4 is 5.73 Å². The van der Waals surface area contributed by atoms with Gasteiger partial charge < -0.3 is 14.9 Å². The monoisotopic (exact) mass is 329 g/mol. The van der Waals surface area contributed by atoms with Crippen LogP contribution in [0.1, 0.15) is 12.5 Å². The van der Waals surface area contributed by atoms with Crippen LogP contribution in [0.3, 0.4) is 0 Å². The highest BCUT2D eigenvalue weighted by Crippen LogP contribution is 2.39. The highest BCUT2D eigenvalue weighted by atomic mass is 35.5. The van der Waals surface area contributed by atoms with Gasteiger partial charge in [0.05, 0.1) is 5.02 Å². The van der Waals surface area contributed by atoms with E-state index < -0.39 is 25.5 Å². The lowest BCUT2D eigenvalue weighted by Crippen LogP contribution is -2.34. The van der Waals surface area contributed by atoms with Gasteiger partial charge in [0.25, 0.3) is 0 Å². The Morgan fingerprint density at radius 2 is 2.00 bits per heavy atom. The van der Waals surface area contributed by atoms with Crippen LogP contribution in [-0.4, -0.2) is 14.1 Å². The van der Waals surface area contributed by atoms with Gasteiger partial charge in [0.2, 0.25) is 25.7 Å². The molecule has 0 radical (unpaired) electrons. The molecule has 0 aliphatic carbocycles. The van der Waals surface area contributed by atoms with Crippen molar-refractivity contribution >= 4 is 25.7 Å². The number of Topliss-reactive ketones (excluding diaryl/α,β-unsaturated/α-hetero) is 1. The Morgan fingerprint density at radius 3 is 2.52 bits per heavy atom. The number of hydrogen-bond acceptors (Lipinski definition) is 4. The van der Waals surface area contributed by atoms with Gasteiger partial charge in [-0.05, 0) is 38.7 Å². The molecule has 2 rings (SSSR count). The summed E-state index contributed by atoms with van der Waals surface area (Å²) in [7, 11) is -2.02. The summed E-state index contributed by atoms with van der Waals surface area (Å²) < 4.78 is 24.8. The molecular formula is C14H17ClFNO3Si. The first-order chi connectivity index (χ1) is 9.54. The van der Waals surface area contributed by atoms with Gasteiger partial charge in [-0.25, -0.2) is 4.39 Å². The van der Waals surface area contributed by atoms with Gasteiger partial charge in [0.15, 0.2) is 5.60 Å². The maximum absolute atomic E-state index is 13.6. The Bertz CT molecular complexity index is 642. The molecule has 4 nitrogen and oxygen atoms in total. The van der Waals surface area contributed by atoms with Gasteiger partial charge in [0.1, 0.15) is 5.82 Å². The summed E-state index contributed by atoms with van der Waals surface area (Å²) in [5, 5.41) is -0.0210. The third-order valence-corrected chi connectivity index (χ3v) is 4.18. The first kappa shape index (κ1) is 15.8. The number of nitrogens with two attached hydrogens (primary N) is 1. The fourth-order valence-electron chi connectivity index (χ4n) is 2.03. The smallest absolute Gasteiger partial charge is 0.249 e. The van der Waals surface area contributed by atoms with Crippen molar-refractivity contribution in [2.75, 3.05) is 0 Å². The molecule has 0 spiro atoms. The van der Waals surface area contributed by atoms with E-state index in [2.05, 4.69) is 0 Å². The molecule has 1 aliphatic rings. The number of benzene rings is 1. The zero-order chi connectivity index (χ0) is 16.0. The number of hydrogen-bond donors (Lipinski definition) is 1. The number of halogens is 2. The topological polar surface area (TPSA) is 61.6 Å². The minimum Gasteiger partial charge on any atom is -0.538 e. The minimum absolute atomic E-state index is 0.0204. The second-order valence-corrected chi connectivity index (χ2v) is 10.8. The van der Waals surface area contributed by atoms with Crippen molar-refractivity contribution in [3.05, 3.63) is 46.2 Å². The minimum atomic E-state index is -2.02. The van der Waals surface area contributed by atoms with Crippen molar-refractivity contribution < 1.29 is 18.3 Å². The molecule has 1 aromatic carbocycles. The van der Waals surface area contributed by atoms with E-state index in [1.54, 1.807) is 0 Å². The molecule has 1 aliphatic heterocycles. The molecular weight excluding hydrogens is 313 g/mol. The fraction of sp³-hybridized carbons (Fsp3) is 0.357. The SMILES string of the molecule is CC1(c2ccc(Cl)c(F)c2)OC(N)=C(O[Si](C)(C)C)C1=O. The summed E-state index contributed by atoms with van der Waals surface area (Å²) in [6.45, 7) is 7.32. The van der Waals surface area contributed by atoms with Crippen molar-refractivity contribution in [3.8, 4) is 0 Å². The molecule has 21 heavy (non-hydrogen) atoms. The molecule has 7 heteroatoms. The predicted octanol–water partition coefficient (Wildman–Crippen LogP) is 3.27. The summed E-state index contributed by atoms with van der Waals surface area (Å²) in [5.74, 6) is -1.08. The van der Waals surface area contributed by atoms with E-state index in [0.29, 0.717) is 5.56 Å². The Balaban J connectivity index is 2.39. The Morgan fingerprint density at radius 1 is 1.38 bits per heavy atom. The quantitative estimate of drug-likeness (QED) is 0.864. The average Bonchev–Trinajstić information content (AvgIpc) is 2.56. The van der Waals surface area contributed by atoms with Crippen LogP contribution in [0.4, 0.5) is 4.39 Å². The third-order valence-electron chi connectivity index (χ3n) is 3.06. The Labute approximate surface area is 128 Å². The maximum Gasteiger partial charge on any atom is 0.249 e. The van der Waals surface area contributed by atoms with Crippen molar-refractivity contribution in [3.63, 3.8) is 0 Å². The van der Waals surface area contributed by atoms with Gasteiger partial charge in [-0.1, -0.05) is 17.7 Å². The number of carbonyl (C=O) groups excluding carboxylic acids is 1. The number of ketones is 1. The molecule has 0 saturated carbocycles. The van der Waals surface area contributed by atoms with Crippen LogP contribution in [-0.2, 0) is 19.6 Å². The van der Waals surface area contributed by atoms with Crippen LogP contribution in [0.15, 0.2) is 29.8 Å². The van der Waals surface area contributed by atoms with E-state index in [0.717, 1.165) is 0 Å². The molecule has 114 valence electrons. The second kappa shape index (κ2) is 5.03. The summed E-state index contributed by atoms with van der Waals surface area (Å²) in [6, 6.07) is 4.08. The molecule has 0 amide bonds.